The summed E-state index contributed by atoms with van der Waals surface area (Å²) in [5.41, 5.74) is 3.94. The topological polar surface area (TPSA) is 58.6 Å². The number of halogens is 1. The quantitative estimate of drug-likeness (QED) is 0.437. The van der Waals surface area contributed by atoms with Crippen molar-refractivity contribution < 1.29 is 14.3 Å². The van der Waals surface area contributed by atoms with Gasteiger partial charge >= 0.3 is 0 Å². The summed E-state index contributed by atoms with van der Waals surface area (Å²) < 4.78 is 5.38. The summed E-state index contributed by atoms with van der Waals surface area (Å²) in [5, 5.41) is 3.56. The highest BCUT2D eigenvalue weighted by Gasteiger charge is 2.19. The minimum Gasteiger partial charge on any atom is -0.497 e. The molecule has 34 heavy (non-hydrogen) atoms. The summed E-state index contributed by atoms with van der Waals surface area (Å²) in [6.45, 7) is 2.38. The Morgan fingerprint density at radius 2 is 1.65 bits per heavy atom. The molecular weight excluding hydrogens is 448 g/mol. The lowest BCUT2D eigenvalue weighted by atomic mass is 9.99. The number of amides is 2. The number of rotatable bonds is 9. The first-order chi connectivity index (χ1) is 16.4. The van der Waals surface area contributed by atoms with Crippen LogP contribution < -0.4 is 10.1 Å². The molecular formula is C28H29ClN2O3. The molecule has 0 atom stereocenters. The third-order valence-corrected chi connectivity index (χ3v) is 5.92. The lowest BCUT2D eigenvalue weighted by molar-refractivity contribution is -0.120. The molecule has 2 amide bonds. The van der Waals surface area contributed by atoms with Crippen molar-refractivity contribution in [1.82, 2.24) is 10.2 Å². The Balaban J connectivity index is 1.83. The zero-order valence-corrected chi connectivity index (χ0v) is 20.4. The molecule has 0 saturated carbocycles. The van der Waals surface area contributed by atoms with Gasteiger partial charge in [-0.15, -0.1) is 0 Å². The maximum absolute atomic E-state index is 13.1. The number of hydrogen-bond acceptors (Lipinski definition) is 3. The summed E-state index contributed by atoms with van der Waals surface area (Å²) in [6, 6.07) is 24.3. The molecule has 0 aromatic heterocycles. The molecule has 0 aliphatic carbocycles. The van der Waals surface area contributed by atoms with Gasteiger partial charge in [-0.25, -0.2) is 0 Å². The van der Waals surface area contributed by atoms with E-state index in [1.165, 1.54) is 0 Å². The third-order valence-electron chi connectivity index (χ3n) is 5.67. The van der Waals surface area contributed by atoms with Crippen LogP contribution in [-0.4, -0.2) is 37.4 Å². The predicted octanol–water partition coefficient (Wildman–Crippen LogP) is 5.60. The van der Waals surface area contributed by atoms with Crippen molar-refractivity contribution in [1.29, 1.82) is 0 Å². The lowest BCUT2D eigenvalue weighted by Gasteiger charge is -2.23. The summed E-state index contributed by atoms with van der Waals surface area (Å²) in [6.07, 6.45) is 0.880. The van der Waals surface area contributed by atoms with Gasteiger partial charge in [-0.2, -0.15) is 0 Å². The molecule has 3 rings (SSSR count). The van der Waals surface area contributed by atoms with Crippen molar-refractivity contribution in [3.05, 3.63) is 106 Å². The van der Waals surface area contributed by atoms with Crippen molar-refractivity contribution in [2.75, 3.05) is 20.7 Å². The molecule has 5 nitrogen and oxygen atoms in total. The van der Waals surface area contributed by atoms with E-state index in [2.05, 4.69) is 5.32 Å². The number of ether oxygens (including phenoxy) is 1. The van der Waals surface area contributed by atoms with Gasteiger partial charge in [-0.1, -0.05) is 54.1 Å². The zero-order valence-electron chi connectivity index (χ0n) is 19.7. The van der Waals surface area contributed by atoms with E-state index in [0.717, 1.165) is 23.1 Å². The first-order valence-corrected chi connectivity index (χ1v) is 11.4. The van der Waals surface area contributed by atoms with Crippen molar-refractivity contribution >= 4 is 29.0 Å². The SMILES string of the molecule is COc1cccc(/C(CC(=O)NCCc2ccccc2)=C(/C)N(C)C(=O)c2ccc(Cl)cc2)c1. The molecule has 0 aliphatic heterocycles. The predicted molar refractivity (Wildman–Crippen MR) is 137 cm³/mol. The highest BCUT2D eigenvalue weighted by Crippen LogP contribution is 2.28. The minimum absolute atomic E-state index is 0.111. The number of nitrogens with one attached hydrogen (secondary N) is 1. The van der Waals surface area contributed by atoms with Gasteiger partial charge < -0.3 is 15.0 Å². The molecule has 0 spiro atoms. The average Bonchev–Trinajstić information content (AvgIpc) is 2.87. The van der Waals surface area contributed by atoms with Gasteiger partial charge in [0.2, 0.25) is 5.91 Å². The fourth-order valence-corrected chi connectivity index (χ4v) is 3.73. The normalized spacial score (nSPS) is 11.4. The van der Waals surface area contributed by atoms with Crippen LogP contribution in [0.4, 0.5) is 0 Å². The molecule has 3 aromatic rings. The number of hydrogen-bond donors (Lipinski definition) is 1. The molecule has 176 valence electrons. The molecule has 6 heteroatoms. The smallest absolute Gasteiger partial charge is 0.257 e. The third kappa shape index (κ3) is 6.72. The molecule has 0 fully saturated rings. The number of nitrogens with zero attached hydrogens (tertiary/aromatic N) is 1. The second-order valence-electron chi connectivity index (χ2n) is 7.93. The van der Waals surface area contributed by atoms with Gasteiger partial charge in [-0.3, -0.25) is 9.59 Å². The summed E-state index contributed by atoms with van der Waals surface area (Å²) in [5.74, 6) is 0.387. The Kier molecular flexibility index (Phi) is 8.88. The van der Waals surface area contributed by atoms with Crippen LogP contribution in [0.2, 0.25) is 5.02 Å². The maximum atomic E-state index is 13.1. The highest BCUT2D eigenvalue weighted by molar-refractivity contribution is 6.30. The van der Waals surface area contributed by atoms with Gasteiger partial charge in [0.05, 0.1) is 13.5 Å². The molecule has 0 unspecified atom stereocenters. The van der Waals surface area contributed by atoms with Crippen molar-refractivity contribution in [2.24, 2.45) is 0 Å². The Bertz CT molecular complexity index is 1160. The van der Waals surface area contributed by atoms with Crippen LogP contribution in [0.3, 0.4) is 0 Å². The average molecular weight is 477 g/mol. The Morgan fingerprint density at radius 3 is 2.32 bits per heavy atom. The van der Waals surface area contributed by atoms with Crippen LogP contribution in [0.25, 0.3) is 5.57 Å². The van der Waals surface area contributed by atoms with E-state index in [-0.39, 0.29) is 18.2 Å². The Hall–Kier alpha value is -3.57. The summed E-state index contributed by atoms with van der Waals surface area (Å²) in [7, 11) is 3.31. The number of allylic oxidation sites excluding steroid dienone is 1. The van der Waals surface area contributed by atoms with Crippen LogP contribution >= 0.6 is 11.6 Å². The van der Waals surface area contributed by atoms with Crippen LogP contribution in [0.5, 0.6) is 5.75 Å². The lowest BCUT2D eigenvalue weighted by Crippen LogP contribution is -2.28. The monoisotopic (exact) mass is 476 g/mol. The van der Waals surface area contributed by atoms with Crippen molar-refractivity contribution in [2.45, 2.75) is 19.8 Å². The van der Waals surface area contributed by atoms with E-state index in [1.807, 2.05) is 61.5 Å². The van der Waals surface area contributed by atoms with E-state index in [4.69, 9.17) is 16.3 Å². The standard InChI is InChI=1S/C28H29ClN2O3/c1-20(31(2)28(33)22-12-14-24(29)15-13-22)26(23-10-7-11-25(18-23)34-3)19-27(32)30-17-16-21-8-5-4-6-9-21/h4-15,18H,16-17,19H2,1-3H3,(H,30,32)/b26-20-. The summed E-state index contributed by atoms with van der Waals surface area (Å²) in [4.78, 5) is 27.5. The molecule has 3 aromatic carbocycles. The van der Waals surface area contributed by atoms with E-state index in [9.17, 15) is 9.59 Å². The van der Waals surface area contributed by atoms with E-state index in [1.54, 1.807) is 43.3 Å². The van der Waals surface area contributed by atoms with Gasteiger partial charge in [0, 0.05) is 29.9 Å². The fraction of sp³-hybridized carbons (Fsp3) is 0.214. The maximum Gasteiger partial charge on any atom is 0.257 e. The molecule has 0 heterocycles. The number of carbonyl (C=O) groups is 2. The number of methoxy groups -OCH3 is 1. The minimum atomic E-state index is -0.181. The van der Waals surface area contributed by atoms with Crippen LogP contribution in [0.15, 0.2) is 84.6 Å². The Labute approximate surface area is 206 Å². The summed E-state index contributed by atoms with van der Waals surface area (Å²) >= 11 is 5.97. The van der Waals surface area contributed by atoms with E-state index in [0.29, 0.717) is 28.6 Å². The first-order valence-electron chi connectivity index (χ1n) is 11.1. The number of carbonyl (C=O) groups excluding carboxylic acids is 2. The molecule has 0 radical (unpaired) electrons. The van der Waals surface area contributed by atoms with E-state index >= 15 is 0 Å². The van der Waals surface area contributed by atoms with Gasteiger partial charge in [0.15, 0.2) is 0 Å². The molecule has 1 N–H and O–H groups in total. The van der Waals surface area contributed by atoms with Gasteiger partial charge in [0.1, 0.15) is 5.75 Å². The van der Waals surface area contributed by atoms with Crippen LogP contribution in [0, 0.1) is 0 Å². The van der Waals surface area contributed by atoms with Gasteiger partial charge in [0.25, 0.3) is 5.91 Å². The molecule has 0 bridgehead atoms. The van der Waals surface area contributed by atoms with E-state index < -0.39 is 0 Å². The second kappa shape index (κ2) is 12.1. The fourth-order valence-electron chi connectivity index (χ4n) is 3.60. The first kappa shape index (κ1) is 25.1. The highest BCUT2D eigenvalue weighted by atomic mass is 35.5. The van der Waals surface area contributed by atoms with Crippen LogP contribution in [0.1, 0.15) is 34.8 Å². The molecule has 0 saturated heterocycles. The van der Waals surface area contributed by atoms with Crippen molar-refractivity contribution in [3.8, 4) is 5.75 Å². The number of benzene rings is 3. The second-order valence-corrected chi connectivity index (χ2v) is 8.37. The van der Waals surface area contributed by atoms with Crippen LogP contribution in [-0.2, 0) is 11.2 Å². The molecule has 0 aliphatic rings. The van der Waals surface area contributed by atoms with Crippen molar-refractivity contribution in [3.63, 3.8) is 0 Å². The zero-order chi connectivity index (χ0) is 24.5. The van der Waals surface area contributed by atoms with Gasteiger partial charge in [-0.05, 0) is 66.4 Å². The Morgan fingerprint density at radius 1 is 0.941 bits per heavy atom. The largest absolute Gasteiger partial charge is 0.497 e.